The zero-order chi connectivity index (χ0) is 14.1. The molecule has 0 radical (unpaired) electrons. The largest absolute Gasteiger partial charge is 0.414 e. The van der Waals surface area contributed by atoms with E-state index in [2.05, 4.69) is 4.98 Å². The molecule has 0 fully saturated rings. The van der Waals surface area contributed by atoms with Gasteiger partial charge in [0, 0.05) is 6.42 Å². The number of halogens is 5. The van der Waals surface area contributed by atoms with Crippen LogP contribution in [-0.4, -0.2) is 22.4 Å². The molecular weight excluding hydrogens is 276 g/mol. The monoisotopic (exact) mass is 286 g/mol. The third kappa shape index (κ3) is 3.54. The normalized spacial score (nSPS) is 17.3. The van der Waals surface area contributed by atoms with Gasteiger partial charge in [-0.1, -0.05) is 11.6 Å². The van der Waals surface area contributed by atoms with Gasteiger partial charge in [-0.3, -0.25) is 0 Å². The molecule has 0 aliphatic heterocycles. The van der Waals surface area contributed by atoms with Gasteiger partial charge < -0.3 is 10.8 Å². The number of hydrogen-bond donors (Lipinski definition) is 2. The number of nitrogens with zero attached hydrogens (tertiary/aromatic N) is 1. The van der Waals surface area contributed by atoms with Crippen LogP contribution in [0, 0.1) is 5.82 Å². The second-order valence-corrected chi connectivity index (χ2v) is 4.53. The Bertz CT molecular complexity index is 436. The van der Waals surface area contributed by atoms with Crippen LogP contribution in [0.1, 0.15) is 19.0 Å². The molecule has 8 heteroatoms. The lowest BCUT2D eigenvalue weighted by molar-refractivity contribution is -0.209. The van der Waals surface area contributed by atoms with Gasteiger partial charge in [-0.2, -0.15) is 13.2 Å². The number of nitrogens with two attached hydrogens (primary N) is 1. The molecule has 3 N–H and O–H groups in total. The quantitative estimate of drug-likeness (QED) is 0.662. The van der Waals surface area contributed by atoms with E-state index in [1.165, 1.54) is 0 Å². The minimum absolute atomic E-state index is 0.0930. The molecule has 1 rings (SSSR count). The van der Waals surface area contributed by atoms with Crippen LogP contribution in [0.4, 0.5) is 17.6 Å². The van der Waals surface area contributed by atoms with E-state index >= 15 is 0 Å². The van der Waals surface area contributed by atoms with E-state index in [0.717, 1.165) is 19.1 Å². The molecule has 0 saturated carbocycles. The molecule has 1 aromatic rings. The van der Waals surface area contributed by atoms with Crippen molar-refractivity contribution >= 4 is 11.6 Å². The smallest absolute Gasteiger partial charge is 0.384 e. The Hall–Kier alpha value is -0.920. The first kappa shape index (κ1) is 15.1. The summed E-state index contributed by atoms with van der Waals surface area (Å²) in [4.78, 5) is 3.57. The van der Waals surface area contributed by atoms with Crippen molar-refractivity contribution in [3.8, 4) is 0 Å². The summed E-state index contributed by atoms with van der Waals surface area (Å²) in [6.45, 7) is 1.14. The lowest BCUT2D eigenvalue weighted by atomic mass is 9.90. The topological polar surface area (TPSA) is 59.1 Å². The van der Waals surface area contributed by atoms with Crippen molar-refractivity contribution in [2.75, 3.05) is 0 Å². The molecule has 0 unspecified atom stereocenters. The van der Waals surface area contributed by atoms with Gasteiger partial charge in [-0.15, -0.1) is 0 Å². The van der Waals surface area contributed by atoms with Gasteiger partial charge in [-0.05, 0) is 19.1 Å². The molecular formula is C10H11ClF4N2O. The first-order valence-corrected chi connectivity index (χ1v) is 5.28. The number of rotatable bonds is 3. The molecule has 1 aromatic heterocycles. The zero-order valence-corrected chi connectivity index (χ0v) is 10.1. The predicted octanol–water partition coefficient (Wildman–Crippen LogP) is 2.36. The summed E-state index contributed by atoms with van der Waals surface area (Å²) in [5.41, 5.74) is 3.38. The Morgan fingerprint density at radius 2 is 2.00 bits per heavy atom. The molecule has 18 heavy (non-hydrogen) atoms. The summed E-state index contributed by atoms with van der Waals surface area (Å²) in [7, 11) is 0. The van der Waals surface area contributed by atoms with Crippen LogP contribution in [0.3, 0.4) is 0 Å². The lowest BCUT2D eigenvalue weighted by Gasteiger charge is -2.28. The summed E-state index contributed by atoms with van der Waals surface area (Å²) in [6, 6.07) is 2.10. The summed E-state index contributed by atoms with van der Waals surface area (Å²) >= 11 is 5.53. The van der Waals surface area contributed by atoms with Crippen LogP contribution < -0.4 is 5.73 Å². The number of pyridine rings is 1. The molecule has 3 nitrogen and oxygen atoms in total. The maximum Gasteiger partial charge on any atom is 0.414 e. The highest BCUT2D eigenvalue weighted by Crippen LogP contribution is 2.31. The van der Waals surface area contributed by atoms with Crippen LogP contribution in [0.5, 0.6) is 0 Å². The van der Waals surface area contributed by atoms with E-state index < -0.39 is 35.8 Å². The third-order valence-electron chi connectivity index (χ3n) is 2.35. The standard InChI is InChI=1S/C10H11ClF4N2O/c1-9(16,4-6(18)10(13,14)15)8-5(12)2-3-7(11)17-8/h2-3,6,18H,4,16H2,1H3/t6-,9-/m0/s1. The maximum absolute atomic E-state index is 13.4. The highest BCUT2D eigenvalue weighted by molar-refractivity contribution is 6.29. The SMILES string of the molecule is C[C@](N)(C[C@H](O)C(F)(F)F)c1nc(Cl)ccc1F. The molecule has 1 heterocycles. The number of aliphatic hydroxyl groups excluding tert-OH is 1. The van der Waals surface area contributed by atoms with Crippen LogP contribution in [0.2, 0.25) is 5.15 Å². The van der Waals surface area contributed by atoms with Crippen molar-refractivity contribution in [1.82, 2.24) is 4.98 Å². The second-order valence-electron chi connectivity index (χ2n) is 4.14. The fourth-order valence-electron chi connectivity index (χ4n) is 1.43. The molecule has 0 spiro atoms. The molecule has 0 saturated heterocycles. The Morgan fingerprint density at radius 3 is 2.50 bits per heavy atom. The number of aromatic nitrogens is 1. The molecule has 0 amide bonds. The fourth-order valence-corrected chi connectivity index (χ4v) is 1.58. The minimum atomic E-state index is -4.82. The van der Waals surface area contributed by atoms with Crippen molar-refractivity contribution < 1.29 is 22.7 Å². The fraction of sp³-hybridized carbons (Fsp3) is 0.500. The number of alkyl halides is 3. The lowest BCUT2D eigenvalue weighted by Crippen LogP contribution is -2.43. The molecule has 0 aliphatic rings. The van der Waals surface area contributed by atoms with Crippen molar-refractivity contribution in [3.63, 3.8) is 0 Å². The van der Waals surface area contributed by atoms with Gasteiger partial charge in [0.05, 0.1) is 11.2 Å². The van der Waals surface area contributed by atoms with Gasteiger partial charge in [-0.25, -0.2) is 9.37 Å². The Labute approximate surface area is 106 Å². The van der Waals surface area contributed by atoms with E-state index in [-0.39, 0.29) is 5.15 Å². The van der Waals surface area contributed by atoms with Crippen LogP contribution in [0.25, 0.3) is 0 Å². The van der Waals surface area contributed by atoms with Gasteiger partial charge in [0.15, 0.2) is 6.10 Å². The van der Waals surface area contributed by atoms with Crippen molar-refractivity contribution in [2.45, 2.75) is 31.2 Å². The van der Waals surface area contributed by atoms with Gasteiger partial charge in [0.1, 0.15) is 11.0 Å². The second kappa shape index (κ2) is 4.99. The Kier molecular flexibility index (Phi) is 4.19. The summed E-state index contributed by atoms with van der Waals surface area (Å²) in [5, 5.41) is 8.86. The predicted molar refractivity (Wildman–Crippen MR) is 57.4 cm³/mol. The number of hydrogen-bond acceptors (Lipinski definition) is 3. The van der Waals surface area contributed by atoms with Crippen molar-refractivity contribution in [2.24, 2.45) is 5.73 Å². The zero-order valence-electron chi connectivity index (χ0n) is 9.30. The van der Waals surface area contributed by atoms with Crippen LogP contribution in [-0.2, 0) is 5.54 Å². The van der Waals surface area contributed by atoms with E-state index in [0.29, 0.717) is 0 Å². The summed E-state index contributed by atoms with van der Waals surface area (Å²) in [6.07, 6.45) is -8.40. The van der Waals surface area contributed by atoms with Crippen molar-refractivity contribution in [1.29, 1.82) is 0 Å². The van der Waals surface area contributed by atoms with E-state index in [9.17, 15) is 17.6 Å². The molecule has 102 valence electrons. The molecule has 0 bridgehead atoms. The first-order valence-electron chi connectivity index (χ1n) is 4.90. The first-order chi connectivity index (χ1) is 8.04. The van der Waals surface area contributed by atoms with Gasteiger partial charge in [0.2, 0.25) is 0 Å². The van der Waals surface area contributed by atoms with Crippen LogP contribution >= 0.6 is 11.6 Å². The third-order valence-corrected chi connectivity index (χ3v) is 2.56. The average molecular weight is 287 g/mol. The summed E-state index contributed by atoms with van der Waals surface area (Å²) < 4.78 is 50.1. The average Bonchev–Trinajstić information content (AvgIpc) is 2.19. The highest BCUT2D eigenvalue weighted by atomic mass is 35.5. The minimum Gasteiger partial charge on any atom is -0.384 e. The molecule has 0 aromatic carbocycles. The molecule has 2 atom stereocenters. The van der Waals surface area contributed by atoms with Crippen LogP contribution in [0.15, 0.2) is 12.1 Å². The summed E-state index contributed by atoms with van der Waals surface area (Å²) in [5.74, 6) is -0.876. The van der Waals surface area contributed by atoms with Gasteiger partial charge in [0.25, 0.3) is 0 Å². The van der Waals surface area contributed by atoms with E-state index in [4.69, 9.17) is 22.4 Å². The van der Waals surface area contributed by atoms with E-state index in [1.54, 1.807) is 0 Å². The van der Waals surface area contributed by atoms with Gasteiger partial charge >= 0.3 is 6.18 Å². The van der Waals surface area contributed by atoms with E-state index in [1.807, 2.05) is 0 Å². The Balaban J connectivity index is 3.02. The highest BCUT2D eigenvalue weighted by Gasteiger charge is 2.43. The maximum atomic E-state index is 13.4. The Morgan fingerprint density at radius 1 is 1.44 bits per heavy atom. The molecule has 0 aliphatic carbocycles. The van der Waals surface area contributed by atoms with Crippen molar-refractivity contribution in [3.05, 3.63) is 28.8 Å². The number of aliphatic hydroxyl groups is 1.